The van der Waals surface area contributed by atoms with E-state index in [9.17, 15) is 9.18 Å². The number of Topliss-reactive ketones (excluding diaryl/α,β-unsaturated/α-hetero) is 1. The first-order chi connectivity index (χ1) is 5.91. The predicted octanol–water partition coefficient (Wildman–Crippen LogP) is -3.08. The van der Waals surface area contributed by atoms with Gasteiger partial charge in [-0.2, -0.15) is 0 Å². The molecule has 0 bridgehead atoms. The maximum Gasteiger partial charge on any atom is 0.229 e. The molecule has 0 fully saturated rings. The molecule has 6 nitrogen and oxygen atoms in total. The summed E-state index contributed by atoms with van der Waals surface area (Å²) < 4.78 is 11.9. The number of rotatable bonds is 5. The number of ketones is 1. The maximum atomic E-state index is 11.9. The standard InChI is InChI=1S/C6H11FO6/c7-6(13)5(12)4(11)3(10)2(9)1-8/h2-3,5-6,8-10,12-13H,1H2/t2-,3?,5+,6?/m1/s1. The molecule has 0 amide bonds. The number of alkyl halides is 1. The quantitative estimate of drug-likeness (QED) is 0.319. The molecule has 0 heterocycles. The maximum absolute atomic E-state index is 11.9. The second kappa shape index (κ2) is 5.20. The average Bonchev–Trinajstić information content (AvgIpc) is 2.12. The summed E-state index contributed by atoms with van der Waals surface area (Å²) in [6.07, 6.45) is -9.17. The first kappa shape index (κ1) is 12.4. The molecule has 0 spiro atoms. The van der Waals surface area contributed by atoms with Crippen molar-refractivity contribution in [3.05, 3.63) is 0 Å². The number of aliphatic hydroxyl groups is 5. The van der Waals surface area contributed by atoms with Gasteiger partial charge in [0.25, 0.3) is 0 Å². The Morgan fingerprint density at radius 3 is 1.92 bits per heavy atom. The van der Waals surface area contributed by atoms with Crippen molar-refractivity contribution < 1.29 is 34.7 Å². The number of hydrogen-bond acceptors (Lipinski definition) is 6. The summed E-state index contributed by atoms with van der Waals surface area (Å²) in [5.41, 5.74) is 0. The highest BCUT2D eigenvalue weighted by Crippen LogP contribution is 2.03. The molecule has 0 aliphatic rings. The SMILES string of the molecule is O=C(C(O)[C@H](O)CO)[C@H](O)C(O)F. The van der Waals surface area contributed by atoms with Crippen molar-refractivity contribution in [1.29, 1.82) is 0 Å². The predicted molar refractivity (Wildman–Crippen MR) is 37.2 cm³/mol. The Bertz CT molecular complexity index is 173. The highest BCUT2D eigenvalue weighted by molar-refractivity contribution is 5.87. The van der Waals surface area contributed by atoms with Gasteiger partial charge in [0.2, 0.25) is 6.36 Å². The van der Waals surface area contributed by atoms with E-state index in [-0.39, 0.29) is 0 Å². The monoisotopic (exact) mass is 198 g/mol. The van der Waals surface area contributed by atoms with Crippen LogP contribution in [0.5, 0.6) is 0 Å². The van der Waals surface area contributed by atoms with Crippen LogP contribution in [0.1, 0.15) is 0 Å². The molecule has 0 saturated heterocycles. The number of halogens is 1. The second-order valence-corrected chi connectivity index (χ2v) is 2.41. The molecule has 7 heteroatoms. The number of carbonyl (C=O) groups is 1. The minimum atomic E-state index is -2.83. The fraction of sp³-hybridized carbons (Fsp3) is 0.833. The molecule has 0 aromatic rings. The number of carbonyl (C=O) groups excluding carboxylic acids is 1. The topological polar surface area (TPSA) is 118 Å². The van der Waals surface area contributed by atoms with E-state index in [0.29, 0.717) is 0 Å². The van der Waals surface area contributed by atoms with Crippen molar-refractivity contribution in [3.8, 4) is 0 Å². The van der Waals surface area contributed by atoms with E-state index < -0.39 is 37.1 Å². The first-order valence-corrected chi connectivity index (χ1v) is 3.42. The minimum absolute atomic E-state index is 0.915. The van der Waals surface area contributed by atoms with Gasteiger partial charge in [0.05, 0.1) is 6.61 Å². The van der Waals surface area contributed by atoms with Crippen LogP contribution in [-0.4, -0.2) is 62.6 Å². The number of aliphatic hydroxyl groups excluding tert-OH is 5. The third-order valence-electron chi connectivity index (χ3n) is 1.40. The van der Waals surface area contributed by atoms with E-state index in [0.717, 1.165) is 0 Å². The minimum Gasteiger partial charge on any atom is -0.394 e. The molecule has 0 aliphatic carbocycles. The van der Waals surface area contributed by atoms with Crippen molar-refractivity contribution in [3.63, 3.8) is 0 Å². The van der Waals surface area contributed by atoms with E-state index >= 15 is 0 Å². The fourth-order valence-corrected chi connectivity index (χ4v) is 0.600. The van der Waals surface area contributed by atoms with Crippen molar-refractivity contribution in [2.24, 2.45) is 0 Å². The zero-order valence-electron chi connectivity index (χ0n) is 6.54. The van der Waals surface area contributed by atoms with Gasteiger partial charge >= 0.3 is 0 Å². The van der Waals surface area contributed by atoms with Crippen molar-refractivity contribution in [1.82, 2.24) is 0 Å². The van der Waals surface area contributed by atoms with Crippen LogP contribution in [0.15, 0.2) is 0 Å². The van der Waals surface area contributed by atoms with Gasteiger partial charge in [0.1, 0.15) is 12.2 Å². The molecule has 0 rings (SSSR count). The van der Waals surface area contributed by atoms with Crippen molar-refractivity contribution in [2.75, 3.05) is 6.61 Å². The van der Waals surface area contributed by atoms with E-state index in [1.165, 1.54) is 0 Å². The third-order valence-corrected chi connectivity index (χ3v) is 1.40. The van der Waals surface area contributed by atoms with Crippen LogP contribution >= 0.6 is 0 Å². The summed E-state index contributed by atoms with van der Waals surface area (Å²) in [6, 6.07) is 0. The summed E-state index contributed by atoms with van der Waals surface area (Å²) in [7, 11) is 0. The Hall–Kier alpha value is -0.600. The van der Waals surface area contributed by atoms with Crippen LogP contribution in [0.4, 0.5) is 4.39 Å². The second-order valence-electron chi connectivity index (χ2n) is 2.41. The zero-order chi connectivity index (χ0) is 10.6. The lowest BCUT2D eigenvalue weighted by Gasteiger charge is -2.17. The van der Waals surface area contributed by atoms with Crippen molar-refractivity contribution in [2.45, 2.75) is 24.7 Å². The van der Waals surface area contributed by atoms with Crippen LogP contribution in [0.3, 0.4) is 0 Å². The lowest BCUT2D eigenvalue weighted by Crippen LogP contribution is -2.45. The molecule has 78 valence electrons. The molecule has 13 heavy (non-hydrogen) atoms. The van der Waals surface area contributed by atoms with Gasteiger partial charge < -0.3 is 25.5 Å². The van der Waals surface area contributed by atoms with E-state index in [2.05, 4.69) is 0 Å². The smallest absolute Gasteiger partial charge is 0.229 e. The van der Waals surface area contributed by atoms with Gasteiger partial charge in [-0.3, -0.25) is 4.79 Å². The average molecular weight is 198 g/mol. The molecular weight excluding hydrogens is 187 g/mol. The van der Waals surface area contributed by atoms with Crippen LogP contribution in [0.2, 0.25) is 0 Å². The third kappa shape index (κ3) is 3.33. The highest BCUT2D eigenvalue weighted by atomic mass is 19.1. The molecule has 5 N–H and O–H groups in total. The molecular formula is C6H11FO6. The summed E-state index contributed by atoms with van der Waals surface area (Å²) in [5.74, 6) is -1.49. The van der Waals surface area contributed by atoms with E-state index in [4.69, 9.17) is 25.5 Å². The largest absolute Gasteiger partial charge is 0.394 e. The zero-order valence-corrected chi connectivity index (χ0v) is 6.54. The Kier molecular flexibility index (Phi) is 4.96. The van der Waals surface area contributed by atoms with Gasteiger partial charge in [0.15, 0.2) is 11.9 Å². The van der Waals surface area contributed by atoms with Crippen LogP contribution < -0.4 is 0 Å². The lowest BCUT2D eigenvalue weighted by molar-refractivity contribution is -0.156. The molecule has 0 aromatic heterocycles. The van der Waals surface area contributed by atoms with Gasteiger partial charge in [-0.1, -0.05) is 0 Å². The lowest BCUT2D eigenvalue weighted by atomic mass is 10.1. The van der Waals surface area contributed by atoms with Crippen LogP contribution in [0, 0.1) is 0 Å². The highest BCUT2D eigenvalue weighted by Gasteiger charge is 2.33. The van der Waals surface area contributed by atoms with E-state index in [1.807, 2.05) is 0 Å². The van der Waals surface area contributed by atoms with Gasteiger partial charge in [-0.15, -0.1) is 0 Å². The van der Waals surface area contributed by atoms with Crippen molar-refractivity contribution >= 4 is 5.78 Å². The summed E-state index contributed by atoms with van der Waals surface area (Å²) >= 11 is 0. The summed E-state index contributed by atoms with van der Waals surface area (Å²) in [4.78, 5) is 10.7. The number of hydrogen-bond donors (Lipinski definition) is 5. The Balaban J connectivity index is 4.25. The van der Waals surface area contributed by atoms with Gasteiger partial charge in [-0.25, -0.2) is 4.39 Å². The molecule has 2 unspecified atom stereocenters. The van der Waals surface area contributed by atoms with Crippen LogP contribution in [0.25, 0.3) is 0 Å². The fourth-order valence-electron chi connectivity index (χ4n) is 0.600. The molecule has 4 atom stereocenters. The summed E-state index contributed by atoms with van der Waals surface area (Å²) in [6.45, 7) is -0.915. The summed E-state index contributed by atoms with van der Waals surface area (Å²) in [5, 5.41) is 42.5. The van der Waals surface area contributed by atoms with Gasteiger partial charge in [0, 0.05) is 0 Å². The Morgan fingerprint density at radius 2 is 1.62 bits per heavy atom. The Morgan fingerprint density at radius 1 is 1.15 bits per heavy atom. The van der Waals surface area contributed by atoms with Gasteiger partial charge in [-0.05, 0) is 0 Å². The molecule has 0 aromatic carbocycles. The molecule has 0 radical (unpaired) electrons. The first-order valence-electron chi connectivity index (χ1n) is 3.42. The molecule has 0 saturated carbocycles. The normalized spacial score (nSPS) is 20.5. The Labute approximate surface area is 72.9 Å². The molecule has 0 aliphatic heterocycles. The van der Waals surface area contributed by atoms with E-state index in [1.54, 1.807) is 0 Å². The van der Waals surface area contributed by atoms with Crippen LogP contribution in [-0.2, 0) is 4.79 Å².